The monoisotopic (exact) mass is 433 g/mol. The molecule has 128 valence electrons. The highest BCUT2D eigenvalue weighted by Crippen LogP contribution is 2.32. The summed E-state index contributed by atoms with van der Waals surface area (Å²) in [6.07, 6.45) is 3.14. The molecule has 0 radical (unpaired) electrons. The van der Waals surface area contributed by atoms with E-state index in [0.717, 1.165) is 36.0 Å². The molecule has 2 rings (SSSR count). The van der Waals surface area contributed by atoms with Gasteiger partial charge in [0, 0.05) is 23.3 Å². The van der Waals surface area contributed by atoms with E-state index in [9.17, 15) is 4.79 Å². The second kappa shape index (κ2) is 8.73. The van der Waals surface area contributed by atoms with Crippen molar-refractivity contribution in [3.8, 4) is 11.5 Å². The summed E-state index contributed by atoms with van der Waals surface area (Å²) in [5.41, 5.74) is 0.652. The fourth-order valence-electron chi connectivity index (χ4n) is 2.73. The average Bonchev–Trinajstić information content (AvgIpc) is 2.59. The Kier molecular flexibility index (Phi) is 6.95. The maximum Gasteiger partial charge on any atom is 0.255 e. The maximum absolute atomic E-state index is 12.9. The van der Waals surface area contributed by atoms with Crippen LogP contribution in [-0.2, 0) is 4.74 Å². The van der Waals surface area contributed by atoms with Crippen molar-refractivity contribution in [2.45, 2.75) is 32.3 Å². The van der Waals surface area contributed by atoms with Crippen molar-refractivity contribution in [3.63, 3.8) is 0 Å². The Morgan fingerprint density at radius 1 is 1.30 bits per heavy atom. The highest BCUT2D eigenvalue weighted by atomic mass is 127. The zero-order chi connectivity index (χ0) is 16.8. The molecule has 1 fully saturated rings. The summed E-state index contributed by atoms with van der Waals surface area (Å²) in [6, 6.07) is 3.60. The van der Waals surface area contributed by atoms with E-state index in [-0.39, 0.29) is 12.0 Å². The fourth-order valence-corrected chi connectivity index (χ4v) is 3.40. The van der Waals surface area contributed by atoms with E-state index in [2.05, 4.69) is 29.5 Å². The van der Waals surface area contributed by atoms with Crippen LogP contribution in [0, 0.1) is 3.57 Å². The molecule has 0 bridgehead atoms. The smallest absolute Gasteiger partial charge is 0.255 e. The molecule has 1 atom stereocenters. The van der Waals surface area contributed by atoms with Gasteiger partial charge in [-0.3, -0.25) is 4.79 Å². The van der Waals surface area contributed by atoms with E-state index in [1.807, 2.05) is 11.0 Å². The number of carbonyl (C=O) groups is 1. The van der Waals surface area contributed by atoms with Gasteiger partial charge in [-0.2, -0.15) is 0 Å². The van der Waals surface area contributed by atoms with Crippen molar-refractivity contribution in [1.82, 2.24) is 4.90 Å². The molecule has 1 aromatic carbocycles. The van der Waals surface area contributed by atoms with Gasteiger partial charge in [0.05, 0.1) is 25.9 Å². The Hall–Kier alpha value is -1.02. The lowest BCUT2D eigenvalue weighted by atomic mass is 10.1. The third kappa shape index (κ3) is 4.50. The quantitative estimate of drug-likeness (QED) is 0.646. The SMILES string of the molecule is CCCOC1CCCN(C(=O)c2cc(OC)c(OC)cc2I)C1. The lowest BCUT2D eigenvalue weighted by Gasteiger charge is -2.33. The molecule has 1 unspecified atom stereocenters. The van der Waals surface area contributed by atoms with Crippen molar-refractivity contribution in [2.24, 2.45) is 0 Å². The van der Waals surface area contributed by atoms with Crippen LogP contribution in [0.25, 0.3) is 0 Å². The van der Waals surface area contributed by atoms with Gasteiger partial charge >= 0.3 is 0 Å². The number of hydrogen-bond acceptors (Lipinski definition) is 4. The largest absolute Gasteiger partial charge is 0.493 e. The first-order chi connectivity index (χ1) is 11.1. The van der Waals surface area contributed by atoms with E-state index in [0.29, 0.717) is 23.6 Å². The Morgan fingerprint density at radius 2 is 2.00 bits per heavy atom. The van der Waals surface area contributed by atoms with Crippen LogP contribution in [0.4, 0.5) is 0 Å². The first kappa shape index (κ1) is 18.3. The normalized spacial score (nSPS) is 17.9. The Bertz CT molecular complexity index is 550. The standard InChI is InChI=1S/C17H24INO4/c1-4-8-23-12-6-5-7-19(11-12)17(20)13-9-15(21-2)16(22-3)10-14(13)18/h9-10,12H,4-8,11H2,1-3H3. The minimum Gasteiger partial charge on any atom is -0.493 e. The number of hydrogen-bond donors (Lipinski definition) is 0. The van der Waals surface area contributed by atoms with Gasteiger partial charge in [-0.1, -0.05) is 6.92 Å². The molecule has 1 aliphatic heterocycles. The number of amides is 1. The minimum absolute atomic E-state index is 0.0279. The number of ether oxygens (including phenoxy) is 3. The Balaban J connectivity index is 2.16. The summed E-state index contributed by atoms with van der Waals surface area (Å²) in [4.78, 5) is 14.8. The number of halogens is 1. The minimum atomic E-state index is 0.0279. The topological polar surface area (TPSA) is 48.0 Å². The number of piperidine rings is 1. The number of likely N-dealkylation sites (tertiary alicyclic amines) is 1. The number of carbonyl (C=O) groups excluding carboxylic acids is 1. The van der Waals surface area contributed by atoms with E-state index < -0.39 is 0 Å². The molecule has 0 aromatic heterocycles. The summed E-state index contributed by atoms with van der Waals surface area (Å²) >= 11 is 2.17. The average molecular weight is 433 g/mol. The third-order valence-electron chi connectivity index (χ3n) is 3.93. The van der Waals surface area contributed by atoms with Gasteiger partial charge in [-0.25, -0.2) is 0 Å². The van der Waals surface area contributed by atoms with Gasteiger partial charge in [-0.05, 0) is 54.0 Å². The lowest BCUT2D eigenvalue weighted by molar-refractivity contribution is 0.00207. The molecule has 23 heavy (non-hydrogen) atoms. The van der Waals surface area contributed by atoms with Gasteiger partial charge in [-0.15, -0.1) is 0 Å². The molecule has 0 N–H and O–H groups in total. The fraction of sp³-hybridized carbons (Fsp3) is 0.588. The van der Waals surface area contributed by atoms with Gasteiger partial charge in [0.2, 0.25) is 0 Å². The number of methoxy groups -OCH3 is 2. The van der Waals surface area contributed by atoms with Crippen molar-refractivity contribution < 1.29 is 19.0 Å². The van der Waals surface area contributed by atoms with Crippen molar-refractivity contribution in [1.29, 1.82) is 0 Å². The third-order valence-corrected chi connectivity index (χ3v) is 4.82. The van der Waals surface area contributed by atoms with Crippen molar-refractivity contribution in [2.75, 3.05) is 33.9 Å². The summed E-state index contributed by atoms with van der Waals surface area (Å²) < 4.78 is 17.3. The second-order valence-corrected chi connectivity index (χ2v) is 6.74. The second-order valence-electron chi connectivity index (χ2n) is 5.57. The number of rotatable bonds is 6. The molecule has 0 spiro atoms. The van der Waals surface area contributed by atoms with E-state index in [1.165, 1.54) is 0 Å². The maximum atomic E-state index is 12.9. The first-order valence-electron chi connectivity index (χ1n) is 7.93. The van der Waals surface area contributed by atoms with Crippen molar-refractivity contribution in [3.05, 3.63) is 21.3 Å². The molecule has 1 saturated heterocycles. The van der Waals surface area contributed by atoms with Crippen molar-refractivity contribution >= 4 is 28.5 Å². The molecule has 1 amide bonds. The molecule has 1 heterocycles. The van der Waals surface area contributed by atoms with Gasteiger partial charge in [0.15, 0.2) is 11.5 Å². The Labute approximate surface area is 151 Å². The van der Waals surface area contributed by atoms with E-state index in [4.69, 9.17) is 14.2 Å². The zero-order valence-electron chi connectivity index (χ0n) is 13.9. The molecule has 1 aromatic rings. The van der Waals surface area contributed by atoms with Crippen LogP contribution in [-0.4, -0.2) is 50.8 Å². The van der Waals surface area contributed by atoms with Crippen LogP contribution in [0.15, 0.2) is 12.1 Å². The van der Waals surface area contributed by atoms with Crippen LogP contribution in [0.3, 0.4) is 0 Å². The van der Waals surface area contributed by atoms with Gasteiger partial charge in [0.25, 0.3) is 5.91 Å². The molecular formula is C17H24INO4. The van der Waals surface area contributed by atoms with Gasteiger partial charge in [0.1, 0.15) is 0 Å². The number of benzene rings is 1. The van der Waals surface area contributed by atoms with Crippen LogP contribution in [0.2, 0.25) is 0 Å². The van der Waals surface area contributed by atoms with Crippen LogP contribution >= 0.6 is 22.6 Å². The molecule has 0 saturated carbocycles. The van der Waals surface area contributed by atoms with E-state index in [1.54, 1.807) is 20.3 Å². The summed E-state index contributed by atoms with van der Waals surface area (Å²) in [5, 5.41) is 0. The molecule has 0 aliphatic carbocycles. The van der Waals surface area contributed by atoms with E-state index >= 15 is 0 Å². The molecule has 5 nitrogen and oxygen atoms in total. The first-order valence-corrected chi connectivity index (χ1v) is 9.01. The molecule has 1 aliphatic rings. The Morgan fingerprint density at radius 3 is 2.65 bits per heavy atom. The summed E-state index contributed by atoms with van der Waals surface area (Å²) in [5.74, 6) is 1.24. The van der Waals surface area contributed by atoms with Crippen LogP contribution < -0.4 is 9.47 Å². The summed E-state index contributed by atoms with van der Waals surface area (Å²) in [6.45, 7) is 4.27. The highest BCUT2D eigenvalue weighted by Gasteiger charge is 2.27. The molecule has 6 heteroatoms. The molecular weight excluding hydrogens is 409 g/mol. The summed E-state index contributed by atoms with van der Waals surface area (Å²) in [7, 11) is 3.17. The van der Waals surface area contributed by atoms with Crippen LogP contribution in [0.1, 0.15) is 36.5 Å². The predicted octanol–water partition coefficient (Wildman–Crippen LogP) is 3.34. The lowest BCUT2D eigenvalue weighted by Crippen LogP contribution is -2.43. The zero-order valence-corrected chi connectivity index (χ0v) is 16.1. The predicted molar refractivity (Wildman–Crippen MR) is 97.4 cm³/mol. The van der Waals surface area contributed by atoms with Gasteiger partial charge < -0.3 is 19.1 Å². The highest BCUT2D eigenvalue weighted by molar-refractivity contribution is 14.1. The number of nitrogens with zero attached hydrogens (tertiary/aromatic N) is 1. The van der Waals surface area contributed by atoms with Crippen LogP contribution in [0.5, 0.6) is 11.5 Å².